The van der Waals surface area contributed by atoms with Gasteiger partial charge in [-0.15, -0.1) is 0 Å². The second-order valence-corrected chi connectivity index (χ2v) is 3.60. The third kappa shape index (κ3) is 3.72. The number of benzene rings is 1. The molecule has 0 bridgehead atoms. The first-order valence-corrected chi connectivity index (χ1v) is 5.43. The highest BCUT2D eigenvalue weighted by Crippen LogP contribution is 2.18. The molecule has 3 N–H and O–H groups in total. The topological polar surface area (TPSA) is 64.7 Å². The third-order valence-electron chi connectivity index (χ3n) is 2.19. The highest BCUT2D eigenvalue weighted by molar-refractivity contribution is 5.31. The predicted molar refractivity (Wildman–Crippen MR) is 62.8 cm³/mol. The first-order valence-electron chi connectivity index (χ1n) is 5.43. The Morgan fingerprint density at radius 3 is 2.25 bits per heavy atom. The van der Waals surface area contributed by atoms with Crippen LogP contribution in [0.1, 0.15) is 13.8 Å². The van der Waals surface area contributed by atoms with Crippen LogP contribution in [-0.2, 0) is 0 Å². The summed E-state index contributed by atoms with van der Waals surface area (Å²) in [7, 11) is 0. The molecule has 2 unspecified atom stereocenters. The lowest BCUT2D eigenvalue weighted by Crippen LogP contribution is -2.39. The van der Waals surface area contributed by atoms with E-state index < -0.39 is 0 Å². The summed E-state index contributed by atoms with van der Waals surface area (Å²) in [5.41, 5.74) is 5.66. The molecule has 0 aromatic heterocycles. The molecule has 0 aliphatic rings. The summed E-state index contributed by atoms with van der Waals surface area (Å²) in [6.45, 7) is 4.28. The first-order chi connectivity index (χ1) is 7.67. The highest BCUT2D eigenvalue weighted by Gasteiger charge is 2.13. The molecule has 1 aromatic rings. The number of aliphatic hydroxyl groups is 1. The largest absolute Gasteiger partial charge is 0.494 e. The monoisotopic (exact) mass is 225 g/mol. The van der Waals surface area contributed by atoms with Crippen molar-refractivity contribution in [3.05, 3.63) is 24.3 Å². The summed E-state index contributed by atoms with van der Waals surface area (Å²) in [5.74, 6) is 1.48. The van der Waals surface area contributed by atoms with Gasteiger partial charge in [0.1, 0.15) is 17.6 Å². The average Bonchev–Trinajstić information content (AvgIpc) is 2.28. The number of hydrogen-bond donors (Lipinski definition) is 2. The van der Waals surface area contributed by atoms with Crippen LogP contribution < -0.4 is 15.2 Å². The van der Waals surface area contributed by atoms with E-state index in [0.29, 0.717) is 12.4 Å². The van der Waals surface area contributed by atoms with Crippen LogP contribution in [0.2, 0.25) is 0 Å². The molecule has 0 radical (unpaired) electrons. The summed E-state index contributed by atoms with van der Waals surface area (Å²) < 4.78 is 10.8. The van der Waals surface area contributed by atoms with Crippen molar-refractivity contribution in [2.45, 2.75) is 26.0 Å². The molecule has 0 aliphatic carbocycles. The Balaban J connectivity index is 2.60. The van der Waals surface area contributed by atoms with Crippen LogP contribution in [0.5, 0.6) is 11.5 Å². The van der Waals surface area contributed by atoms with E-state index in [1.807, 2.05) is 19.1 Å². The Labute approximate surface area is 96.0 Å². The molecule has 2 atom stereocenters. The normalized spacial score (nSPS) is 14.2. The lowest BCUT2D eigenvalue weighted by molar-refractivity contribution is 0.0990. The molecule has 1 rings (SSSR count). The fourth-order valence-corrected chi connectivity index (χ4v) is 1.27. The maximum atomic E-state index is 9.07. The SMILES string of the molecule is CCOc1ccc(OC(CO)C(C)N)cc1. The van der Waals surface area contributed by atoms with Crippen molar-refractivity contribution >= 4 is 0 Å². The summed E-state index contributed by atoms with van der Waals surface area (Å²) in [6.07, 6.45) is -0.377. The Morgan fingerprint density at radius 2 is 1.81 bits per heavy atom. The van der Waals surface area contributed by atoms with Crippen molar-refractivity contribution in [3.63, 3.8) is 0 Å². The van der Waals surface area contributed by atoms with Crippen molar-refractivity contribution < 1.29 is 14.6 Å². The van der Waals surface area contributed by atoms with E-state index in [4.69, 9.17) is 20.3 Å². The first kappa shape index (κ1) is 12.8. The van der Waals surface area contributed by atoms with Crippen LogP contribution in [0.25, 0.3) is 0 Å². The molecule has 0 saturated heterocycles. The van der Waals surface area contributed by atoms with Crippen molar-refractivity contribution in [1.29, 1.82) is 0 Å². The standard InChI is InChI=1S/C12H19NO3/c1-3-15-10-4-6-11(7-5-10)16-12(8-14)9(2)13/h4-7,9,12,14H,3,8,13H2,1-2H3. The van der Waals surface area contributed by atoms with Crippen LogP contribution in [0.15, 0.2) is 24.3 Å². The van der Waals surface area contributed by atoms with E-state index in [9.17, 15) is 0 Å². The van der Waals surface area contributed by atoms with Crippen LogP contribution >= 0.6 is 0 Å². The zero-order valence-electron chi connectivity index (χ0n) is 9.72. The quantitative estimate of drug-likeness (QED) is 0.763. The van der Waals surface area contributed by atoms with Crippen molar-refractivity contribution in [2.75, 3.05) is 13.2 Å². The summed E-state index contributed by atoms with van der Waals surface area (Å²) in [5, 5.41) is 9.07. The van der Waals surface area contributed by atoms with E-state index in [1.165, 1.54) is 0 Å². The van der Waals surface area contributed by atoms with E-state index in [0.717, 1.165) is 5.75 Å². The number of hydrogen-bond acceptors (Lipinski definition) is 4. The Hall–Kier alpha value is -1.26. The molecule has 0 fully saturated rings. The van der Waals surface area contributed by atoms with Gasteiger partial charge >= 0.3 is 0 Å². The molecule has 16 heavy (non-hydrogen) atoms. The molecule has 0 aliphatic heterocycles. The van der Waals surface area contributed by atoms with Crippen molar-refractivity contribution in [1.82, 2.24) is 0 Å². The van der Waals surface area contributed by atoms with Gasteiger partial charge in [-0.1, -0.05) is 0 Å². The molecule has 0 heterocycles. The van der Waals surface area contributed by atoms with Gasteiger partial charge in [-0.25, -0.2) is 0 Å². The lowest BCUT2D eigenvalue weighted by Gasteiger charge is -2.20. The Kier molecular flexibility index (Phi) is 5.08. The molecule has 1 aromatic carbocycles. The predicted octanol–water partition coefficient (Wildman–Crippen LogP) is 1.17. The maximum absolute atomic E-state index is 9.07. The Morgan fingerprint density at radius 1 is 1.25 bits per heavy atom. The van der Waals surface area contributed by atoms with Gasteiger partial charge in [-0.3, -0.25) is 0 Å². The van der Waals surface area contributed by atoms with Crippen molar-refractivity contribution in [2.24, 2.45) is 5.73 Å². The summed E-state index contributed by atoms with van der Waals surface area (Å²) in [6, 6.07) is 7.05. The van der Waals surface area contributed by atoms with E-state index in [1.54, 1.807) is 19.1 Å². The lowest BCUT2D eigenvalue weighted by atomic mass is 10.2. The zero-order valence-corrected chi connectivity index (χ0v) is 9.72. The number of ether oxygens (including phenoxy) is 2. The minimum atomic E-state index is -0.377. The van der Waals surface area contributed by atoms with Gasteiger partial charge in [0, 0.05) is 6.04 Å². The zero-order chi connectivity index (χ0) is 12.0. The molecule has 0 spiro atoms. The molecular formula is C12H19NO3. The minimum absolute atomic E-state index is 0.0924. The maximum Gasteiger partial charge on any atom is 0.136 e. The minimum Gasteiger partial charge on any atom is -0.494 e. The number of rotatable bonds is 6. The van der Waals surface area contributed by atoms with Gasteiger partial charge in [0.05, 0.1) is 13.2 Å². The summed E-state index contributed by atoms with van der Waals surface area (Å²) >= 11 is 0. The van der Waals surface area contributed by atoms with E-state index in [-0.39, 0.29) is 18.8 Å². The Bertz CT molecular complexity index is 298. The molecule has 0 saturated carbocycles. The molecule has 4 heteroatoms. The summed E-state index contributed by atoms with van der Waals surface area (Å²) in [4.78, 5) is 0. The van der Waals surface area contributed by atoms with Crippen LogP contribution in [0, 0.1) is 0 Å². The van der Waals surface area contributed by atoms with E-state index >= 15 is 0 Å². The number of nitrogens with two attached hydrogens (primary N) is 1. The fraction of sp³-hybridized carbons (Fsp3) is 0.500. The van der Waals surface area contributed by atoms with Gasteiger partial charge in [0.2, 0.25) is 0 Å². The van der Waals surface area contributed by atoms with Crippen molar-refractivity contribution in [3.8, 4) is 11.5 Å². The molecule has 4 nitrogen and oxygen atoms in total. The number of aliphatic hydroxyl groups excluding tert-OH is 1. The van der Waals surface area contributed by atoms with Crippen LogP contribution in [0.4, 0.5) is 0 Å². The highest BCUT2D eigenvalue weighted by atomic mass is 16.5. The second-order valence-electron chi connectivity index (χ2n) is 3.60. The van der Waals surface area contributed by atoms with Gasteiger partial charge in [-0.2, -0.15) is 0 Å². The molecule has 0 amide bonds. The third-order valence-corrected chi connectivity index (χ3v) is 2.19. The van der Waals surface area contributed by atoms with Gasteiger partial charge in [0.25, 0.3) is 0 Å². The fourth-order valence-electron chi connectivity index (χ4n) is 1.27. The van der Waals surface area contributed by atoms with Gasteiger partial charge in [0.15, 0.2) is 0 Å². The van der Waals surface area contributed by atoms with Gasteiger partial charge < -0.3 is 20.3 Å². The smallest absolute Gasteiger partial charge is 0.136 e. The second kappa shape index (κ2) is 6.35. The molecular weight excluding hydrogens is 206 g/mol. The van der Waals surface area contributed by atoms with Gasteiger partial charge in [-0.05, 0) is 38.1 Å². The molecule has 90 valence electrons. The average molecular weight is 225 g/mol. The van der Waals surface area contributed by atoms with E-state index in [2.05, 4.69) is 0 Å². The van der Waals surface area contributed by atoms with Crippen LogP contribution in [0.3, 0.4) is 0 Å². The van der Waals surface area contributed by atoms with Crippen LogP contribution in [-0.4, -0.2) is 30.5 Å².